The fourth-order valence-corrected chi connectivity index (χ4v) is 2.56. The summed E-state index contributed by atoms with van der Waals surface area (Å²) in [4.78, 5) is 1.28. The molecular weight excluding hydrogens is 200 g/mol. The number of hydrogen-bond donors (Lipinski definition) is 0. The third kappa shape index (κ3) is 5.24. The highest BCUT2D eigenvalue weighted by atomic mass is 33.1. The molecule has 0 saturated carbocycles. The van der Waals surface area contributed by atoms with Crippen molar-refractivity contribution in [2.75, 3.05) is 5.94 Å². The molecule has 0 atom stereocenters. The van der Waals surface area contributed by atoms with Gasteiger partial charge in [-0.1, -0.05) is 39.8 Å². The Morgan fingerprint density at radius 1 is 1.23 bits per heavy atom. The quantitative estimate of drug-likeness (QED) is 0.419. The lowest BCUT2D eigenvalue weighted by atomic mass is 10.4. The molecule has 3 heteroatoms. The van der Waals surface area contributed by atoms with E-state index in [4.69, 9.17) is 4.74 Å². The summed E-state index contributed by atoms with van der Waals surface area (Å²) in [6, 6.07) is 10.3. The first kappa shape index (κ1) is 11.0. The lowest BCUT2D eigenvalue weighted by molar-refractivity contribution is 0.121. The van der Waals surface area contributed by atoms with Gasteiger partial charge in [0.25, 0.3) is 0 Å². The van der Waals surface area contributed by atoms with Crippen molar-refractivity contribution < 1.29 is 4.74 Å². The fourth-order valence-electron chi connectivity index (χ4n) is 0.732. The van der Waals surface area contributed by atoms with Crippen molar-refractivity contribution >= 4 is 21.6 Å². The summed E-state index contributed by atoms with van der Waals surface area (Å²) in [5, 5.41) is 0. The summed E-state index contributed by atoms with van der Waals surface area (Å²) in [7, 11) is 3.48. The molecule has 0 aliphatic rings. The Hall–Kier alpha value is -0.120. The van der Waals surface area contributed by atoms with Crippen LogP contribution in [0.25, 0.3) is 0 Å². The van der Waals surface area contributed by atoms with Gasteiger partial charge in [-0.05, 0) is 26.0 Å². The van der Waals surface area contributed by atoms with Crippen molar-refractivity contribution in [3.8, 4) is 0 Å². The van der Waals surface area contributed by atoms with Crippen LogP contribution >= 0.6 is 21.6 Å². The SMILES string of the molecule is CC(C)OCSSc1ccccc1. The topological polar surface area (TPSA) is 9.23 Å². The summed E-state index contributed by atoms with van der Waals surface area (Å²) >= 11 is 0. The van der Waals surface area contributed by atoms with Crippen LogP contribution in [0.5, 0.6) is 0 Å². The van der Waals surface area contributed by atoms with Gasteiger partial charge in [0.1, 0.15) is 5.94 Å². The van der Waals surface area contributed by atoms with E-state index in [0.717, 1.165) is 5.94 Å². The summed E-state index contributed by atoms with van der Waals surface area (Å²) in [6.07, 6.45) is 0.323. The maximum absolute atomic E-state index is 5.41. The molecule has 0 aliphatic carbocycles. The Kier molecular flexibility index (Phi) is 5.35. The van der Waals surface area contributed by atoms with Crippen LogP contribution in [0.15, 0.2) is 35.2 Å². The lowest BCUT2D eigenvalue weighted by Crippen LogP contribution is -1.99. The van der Waals surface area contributed by atoms with Crippen molar-refractivity contribution in [2.45, 2.75) is 24.8 Å². The summed E-state index contributed by atoms with van der Waals surface area (Å²) < 4.78 is 5.41. The maximum atomic E-state index is 5.41. The Bertz CT molecular complexity index is 224. The van der Waals surface area contributed by atoms with Crippen molar-refractivity contribution in [2.24, 2.45) is 0 Å². The second kappa shape index (κ2) is 6.35. The molecule has 0 aliphatic heterocycles. The molecule has 0 spiro atoms. The Morgan fingerprint density at radius 3 is 2.54 bits per heavy atom. The van der Waals surface area contributed by atoms with Crippen LogP contribution in [-0.2, 0) is 4.74 Å². The molecule has 0 unspecified atom stereocenters. The molecule has 72 valence electrons. The molecule has 0 radical (unpaired) electrons. The molecule has 1 aromatic rings. The Labute approximate surface area is 87.7 Å². The van der Waals surface area contributed by atoms with E-state index in [1.807, 2.05) is 32.0 Å². The highest BCUT2D eigenvalue weighted by Crippen LogP contribution is 2.30. The largest absolute Gasteiger partial charge is 0.367 e. The van der Waals surface area contributed by atoms with E-state index in [1.54, 1.807) is 21.6 Å². The molecule has 13 heavy (non-hydrogen) atoms. The van der Waals surface area contributed by atoms with Crippen molar-refractivity contribution in [3.63, 3.8) is 0 Å². The molecule has 0 N–H and O–H groups in total. The van der Waals surface area contributed by atoms with Gasteiger partial charge in [0, 0.05) is 4.90 Å². The Morgan fingerprint density at radius 2 is 1.92 bits per heavy atom. The smallest absolute Gasteiger partial charge is 0.103 e. The summed E-state index contributed by atoms with van der Waals surface area (Å²) in [5.74, 6) is 0.747. The molecule has 1 nitrogen and oxygen atoms in total. The molecular formula is C10H14OS2. The van der Waals surface area contributed by atoms with Crippen molar-refractivity contribution in [3.05, 3.63) is 30.3 Å². The second-order valence-corrected chi connectivity index (χ2v) is 5.16. The molecule has 0 heterocycles. The van der Waals surface area contributed by atoms with Crippen LogP contribution in [0, 0.1) is 0 Å². The van der Waals surface area contributed by atoms with E-state index in [2.05, 4.69) is 12.1 Å². The predicted octanol–water partition coefficient (Wildman–Crippen LogP) is 3.81. The number of benzene rings is 1. The van der Waals surface area contributed by atoms with Crippen molar-refractivity contribution in [1.82, 2.24) is 0 Å². The average molecular weight is 214 g/mol. The summed E-state index contributed by atoms with van der Waals surface area (Å²) in [6.45, 7) is 4.10. The van der Waals surface area contributed by atoms with E-state index < -0.39 is 0 Å². The minimum Gasteiger partial charge on any atom is -0.367 e. The fraction of sp³-hybridized carbons (Fsp3) is 0.400. The van der Waals surface area contributed by atoms with Crippen LogP contribution < -0.4 is 0 Å². The highest BCUT2D eigenvalue weighted by Gasteiger charge is 1.95. The molecule has 0 fully saturated rings. The van der Waals surface area contributed by atoms with Crippen molar-refractivity contribution in [1.29, 1.82) is 0 Å². The lowest BCUT2D eigenvalue weighted by Gasteiger charge is -2.05. The molecule has 1 rings (SSSR count). The van der Waals surface area contributed by atoms with Gasteiger partial charge < -0.3 is 4.74 Å². The third-order valence-electron chi connectivity index (χ3n) is 1.35. The molecule has 0 amide bonds. The predicted molar refractivity (Wildman–Crippen MR) is 61.0 cm³/mol. The van der Waals surface area contributed by atoms with E-state index in [0.29, 0.717) is 6.10 Å². The normalized spacial score (nSPS) is 10.7. The number of rotatable bonds is 5. The molecule has 0 bridgehead atoms. The van der Waals surface area contributed by atoms with Gasteiger partial charge in [0.15, 0.2) is 0 Å². The van der Waals surface area contributed by atoms with E-state index >= 15 is 0 Å². The zero-order chi connectivity index (χ0) is 9.52. The van der Waals surface area contributed by atoms with E-state index in [1.165, 1.54) is 4.90 Å². The number of hydrogen-bond acceptors (Lipinski definition) is 3. The number of ether oxygens (including phenoxy) is 1. The highest BCUT2D eigenvalue weighted by molar-refractivity contribution is 8.76. The van der Waals surface area contributed by atoms with Gasteiger partial charge in [-0.2, -0.15) is 0 Å². The van der Waals surface area contributed by atoms with E-state index in [-0.39, 0.29) is 0 Å². The first-order valence-electron chi connectivity index (χ1n) is 4.25. The average Bonchev–Trinajstić information content (AvgIpc) is 2.14. The third-order valence-corrected chi connectivity index (χ3v) is 3.38. The van der Waals surface area contributed by atoms with Gasteiger partial charge >= 0.3 is 0 Å². The van der Waals surface area contributed by atoms with Gasteiger partial charge in [-0.25, -0.2) is 0 Å². The monoisotopic (exact) mass is 214 g/mol. The summed E-state index contributed by atoms with van der Waals surface area (Å²) in [5.41, 5.74) is 0. The molecule has 1 aromatic carbocycles. The maximum Gasteiger partial charge on any atom is 0.103 e. The van der Waals surface area contributed by atoms with Gasteiger partial charge in [0.2, 0.25) is 0 Å². The van der Waals surface area contributed by atoms with Crippen LogP contribution in [0.4, 0.5) is 0 Å². The molecule has 0 aromatic heterocycles. The zero-order valence-electron chi connectivity index (χ0n) is 7.90. The van der Waals surface area contributed by atoms with Crippen LogP contribution in [0.3, 0.4) is 0 Å². The van der Waals surface area contributed by atoms with Gasteiger partial charge in [0.05, 0.1) is 6.10 Å². The first-order valence-corrected chi connectivity index (χ1v) is 6.57. The first-order chi connectivity index (χ1) is 6.29. The van der Waals surface area contributed by atoms with Crippen LogP contribution in [0.2, 0.25) is 0 Å². The molecule has 0 saturated heterocycles. The minimum atomic E-state index is 0.323. The Balaban J connectivity index is 2.13. The zero-order valence-corrected chi connectivity index (χ0v) is 9.53. The minimum absolute atomic E-state index is 0.323. The van der Waals surface area contributed by atoms with Gasteiger partial charge in [-0.3, -0.25) is 0 Å². The van der Waals surface area contributed by atoms with Crippen LogP contribution in [-0.4, -0.2) is 12.0 Å². The second-order valence-electron chi connectivity index (χ2n) is 2.85. The van der Waals surface area contributed by atoms with Crippen LogP contribution in [0.1, 0.15) is 13.8 Å². The van der Waals surface area contributed by atoms with E-state index in [9.17, 15) is 0 Å². The standard InChI is InChI=1S/C10H14OS2/c1-9(2)11-8-12-13-10-6-4-3-5-7-10/h3-7,9H,8H2,1-2H3. The van der Waals surface area contributed by atoms with Gasteiger partial charge in [-0.15, -0.1) is 0 Å².